The molecule has 1 aromatic rings. The third-order valence-corrected chi connectivity index (χ3v) is 4.02. The van der Waals surface area contributed by atoms with Crippen LogP contribution in [0.4, 0.5) is 16.2 Å². The first-order valence-electron chi connectivity index (χ1n) is 8.40. The fourth-order valence-electron chi connectivity index (χ4n) is 2.80. The highest BCUT2D eigenvalue weighted by molar-refractivity contribution is 6.21. The lowest BCUT2D eigenvalue weighted by Gasteiger charge is -2.28. The van der Waals surface area contributed by atoms with Gasteiger partial charge in [0.1, 0.15) is 0 Å². The van der Waals surface area contributed by atoms with Crippen LogP contribution in [0.25, 0.3) is 0 Å². The quantitative estimate of drug-likeness (QED) is 0.832. The van der Waals surface area contributed by atoms with Crippen molar-refractivity contribution in [3.8, 4) is 0 Å². The summed E-state index contributed by atoms with van der Waals surface area (Å²) in [5.74, 6) is -1.53. The molecule has 27 heavy (non-hydrogen) atoms. The van der Waals surface area contributed by atoms with Crippen molar-refractivity contribution in [3.63, 3.8) is 0 Å². The van der Waals surface area contributed by atoms with E-state index in [4.69, 9.17) is 0 Å². The van der Waals surface area contributed by atoms with E-state index in [0.717, 1.165) is 4.90 Å². The van der Waals surface area contributed by atoms with E-state index in [0.29, 0.717) is 17.1 Å². The Morgan fingerprint density at radius 2 is 1.89 bits per heavy atom. The number of aliphatic imine (C=N–C) groups is 1. The number of fused-ring (bicyclic) bond motifs is 1. The summed E-state index contributed by atoms with van der Waals surface area (Å²) in [5.41, 5.74) is 1.48. The minimum Gasteiger partial charge on any atom is -0.326 e. The predicted molar refractivity (Wildman–Crippen MR) is 100 cm³/mol. The number of hydrogen-bond donors (Lipinski definition) is 2. The van der Waals surface area contributed by atoms with E-state index in [9.17, 15) is 19.2 Å². The Kier molecular flexibility index (Phi) is 5.25. The monoisotopic (exact) mass is 366 g/mol. The summed E-state index contributed by atoms with van der Waals surface area (Å²) in [4.78, 5) is 52.7. The zero-order chi connectivity index (χ0) is 19.4. The van der Waals surface area contributed by atoms with Gasteiger partial charge in [0.05, 0.1) is 11.6 Å². The highest BCUT2D eigenvalue weighted by Crippen LogP contribution is 2.20. The molecule has 1 aliphatic heterocycles. The van der Waals surface area contributed by atoms with Crippen LogP contribution >= 0.6 is 0 Å². The largest absolute Gasteiger partial charge is 0.350 e. The molecule has 8 heteroatoms. The van der Waals surface area contributed by atoms with E-state index in [1.807, 2.05) is 0 Å². The van der Waals surface area contributed by atoms with Gasteiger partial charge in [-0.3, -0.25) is 19.3 Å². The minimum absolute atomic E-state index is 0.0558. The Hall–Kier alpha value is -3.55. The SMILES string of the molecule is CC(=O)Nc1cccc(NC(=O)CCN2C(=O)N=C3C=CC=CC3C2=O)c1. The van der Waals surface area contributed by atoms with Gasteiger partial charge in [-0.25, -0.2) is 4.79 Å². The molecule has 1 heterocycles. The summed E-state index contributed by atoms with van der Waals surface area (Å²) >= 11 is 0. The van der Waals surface area contributed by atoms with Crippen molar-refractivity contribution in [3.05, 3.63) is 48.6 Å². The number of imide groups is 1. The Balaban J connectivity index is 1.59. The van der Waals surface area contributed by atoms with Crippen LogP contribution < -0.4 is 10.6 Å². The molecule has 0 fully saturated rings. The minimum atomic E-state index is -0.661. The van der Waals surface area contributed by atoms with E-state index in [2.05, 4.69) is 15.6 Å². The lowest BCUT2D eigenvalue weighted by atomic mass is 9.95. The normalized spacial score (nSPS) is 18.0. The molecule has 138 valence electrons. The number of hydrogen-bond acceptors (Lipinski definition) is 4. The molecule has 3 rings (SSSR count). The second kappa shape index (κ2) is 7.77. The molecule has 5 amide bonds. The Morgan fingerprint density at radius 1 is 1.15 bits per heavy atom. The highest BCUT2D eigenvalue weighted by Gasteiger charge is 2.35. The summed E-state index contributed by atoms with van der Waals surface area (Å²) in [7, 11) is 0. The van der Waals surface area contributed by atoms with E-state index in [1.165, 1.54) is 6.92 Å². The van der Waals surface area contributed by atoms with Gasteiger partial charge in [-0.05, 0) is 24.3 Å². The molecule has 1 aliphatic carbocycles. The zero-order valence-corrected chi connectivity index (χ0v) is 14.6. The zero-order valence-electron chi connectivity index (χ0n) is 14.6. The van der Waals surface area contributed by atoms with Gasteiger partial charge in [0, 0.05) is 31.3 Å². The van der Waals surface area contributed by atoms with Crippen LogP contribution in [0.1, 0.15) is 13.3 Å². The van der Waals surface area contributed by atoms with Crippen LogP contribution in [0.15, 0.2) is 53.6 Å². The molecular formula is C19H18N4O4. The van der Waals surface area contributed by atoms with Gasteiger partial charge in [0.2, 0.25) is 17.7 Å². The smallest absolute Gasteiger partial charge is 0.326 e. The van der Waals surface area contributed by atoms with Crippen LogP contribution in [-0.4, -0.2) is 40.9 Å². The molecule has 1 aromatic carbocycles. The standard InChI is InChI=1S/C19H18N4O4/c1-12(24)20-13-5-4-6-14(11-13)21-17(25)9-10-23-18(26)15-7-2-3-8-16(15)22-19(23)27/h2-8,11,15H,9-10H2,1H3,(H,20,24)(H,21,25). The Morgan fingerprint density at radius 3 is 2.63 bits per heavy atom. The lowest BCUT2D eigenvalue weighted by molar-refractivity contribution is -0.129. The van der Waals surface area contributed by atoms with Crippen molar-refractivity contribution in [2.45, 2.75) is 13.3 Å². The van der Waals surface area contributed by atoms with Crippen molar-refractivity contribution < 1.29 is 19.2 Å². The van der Waals surface area contributed by atoms with Crippen LogP contribution in [0.3, 0.4) is 0 Å². The molecule has 0 spiro atoms. The number of amides is 5. The second-order valence-corrected chi connectivity index (χ2v) is 6.09. The topological polar surface area (TPSA) is 108 Å². The summed E-state index contributed by atoms with van der Waals surface area (Å²) < 4.78 is 0. The van der Waals surface area contributed by atoms with Gasteiger partial charge in [-0.1, -0.05) is 24.3 Å². The number of benzene rings is 1. The maximum Gasteiger partial charge on any atom is 0.350 e. The van der Waals surface area contributed by atoms with Crippen molar-refractivity contribution in [1.82, 2.24) is 4.90 Å². The van der Waals surface area contributed by atoms with Crippen molar-refractivity contribution in [2.24, 2.45) is 10.9 Å². The summed E-state index contributed by atoms with van der Waals surface area (Å²) in [6.07, 6.45) is 6.69. The molecule has 1 unspecified atom stereocenters. The third kappa shape index (κ3) is 4.35. The third-order valence-electron chi connectivity index (χ3n) is 4.02. The van der Waals surface area contributed by atoms with E-state index in [1.54, 1.807) is 48.6 Å². The van der Waals surface area contributed by atoms with Crippen LogP contribution in [0.5, 0.6) is 0 Å². The number of nitrogens with zero attached hydrogens (tertiary/aromatic N) is 2. The fraction of sp³-hybridized carbons (Fsp3) is 0.211. The number of rotatable bonds is 5. The van der Waals surface area contributed by atoms with Gasteiger partial charge in [-0.15, -0.1) is 0 Å². The van der Waals surface area contributed by atoms with Crippen molar-refractivity contribution in [1.29, 1.82) is 0 Å². The Bertz CT molecular complexity index is 901. The molecule has 8 nitrogen and oxygen atoms in total. The molecule has 1 atom stereocenters. The van der Waals surface area contributed by atoms with Gasteiger partial charge in [0.25, 0.3) is 0 Å². The average molecular weight is 366 g/mol. The first-order valence-corrected chi connectivity index (χ1v) is 8.40. The summed E-state index contributed by atoms with van der Waals surface area (Å²) in [6, 6.07) is 6.02. The molecule has 0 radical (unpaired) electrons. The molecule has 0 saturated heterocycles. The van der Waals surface area contributed by atoms with Gasteiger partial charge >= 0.3 is 6.03 Å². The second-order valence-electron chi connectivity index (χ2n) is 6.09. The number of carbonyl (C=O) groups is 4. The van der Waals surface area contributed by atoms with Crippen LogP contribution in [0, 0.1) is 5.92 Å². The van der Waals surface area contributed by atoms with Gasteiger partial charge in [-0.2, -0.15) is 4.99 Å². The predicted octanol–water partition coefficient (Wildman–Crippen LogP) is 2.12. The van der Waals surface area contributed by atoms with Crippen molar-refractivity contribution in [2.75, 3.05) is 17.2 Å². The highest BCUT2D eigenvalue weighted by atomic mass is 16.2. The van der Waals surface area contributed by atoms with Crippen LogP contribution in [0.2, 0.25) is 0 Å². The van der Waals surface area contributed by atoms with E-state index < -0.39 is 11.9 Å². The van der Waals surface area contributed by atoms with E-state index >= 15 is 0 Å². The number of carbonyl (C=O) groups excluding carboxylic acids is 4. The van der Waals surface area contributed by atoms with Gasteiger partial charge in [0.15, 0.2) is 0 Å². The number of nitrogens with one attached hydrogen (secondary N) is 2. The number of allylic oxidation sites excluding steroid dienone is 3. The van der Waals surface area contributed by atoms with Gasteiger partial charge < -0.3 is 10.6 Å². The molecule has 0 saturated carbocycles. The molecule has 0 bridgehead atoms. The fourth-order valence-corrected chi connectivity index (χ4v) is 2.80. The van der Waals surface area contributed by atoms with E-state index in [-0.39, 0.29) is 30.7 Å². The summed E-state index contributed by atoms with van der Waals surface area (Å²) in [5, 5.41) is 5.31. The van der Waals surface area contributed by atoms with Crippen molar-refractivity contribution >= 4 is 40.8 Å². The number of urea groups is 1. The molecule has 2 N–H and O–H groups in total. The maximum absolute atomic E-state index is 12.5. The first-order chi connectivity index (χ1) is 12.9. The summed E-state index contributed by atoms with van der Waals surface area (Å²) in [6.45, 7) is 1.34. The average Bonchev–Trinajstić information content (AvgIpc) is 2.61. The Labute approximate surface area is 155 Å². The number of anilines is 2. The first kappa shape index (κ1) is 18.2. The molecule has 0 aromatic heterocycles. The molecular weight excluding hydrogens is 348 g/mol. The van der Waals surface area contributed by atoms with Crippen LogP contribution in [-0.2, 0) is 14.4 Å². The molecule has 2 aliphatic rings. The lowest BCUT2D eigenvalue weighted by Crippen LogP contribution is -2.46. The maximum atomic E-state index is 12.5.